The van der Waals surface area contributed by atoms with Crippen LogP contribution in [0.1, 0.15) is 27.9 Å². The molecule has 0 fully saturated rings. The molecule has 0 aromatic heterocycles. The van der Waals surface area contributed by atoms with E-state index in [1.165, 1.54) is 12.1 Å². The Kier molecular flexibility index (Phi) is 5.79. The van der Waals surface area contributed by atoms with Crippen molar-refractivity contribution in [3.8, 4) is 11.8 Å². The van der Waals surface area contributed by atoms with Gasteiger partial charge in [0.05, 0.1) is 6.61 Å². The third-order valence-electron chi connectivity index (χ3n) is 2.56. The predicted octanol–water partition coefficient (Wildman–Crippen LogP) is 2.36. The Morgan fingerprint density at radius 1 is 1.33 bits per heavy atom. The van der Waals surface area contributed by atoms with Crippen molar-refractivity contribution >= 4 is 5.91 Å². The summed E-state index contributed by atoms with van der Waals surface area (Å²) < 4.78 is 36.9. The van der Waals surface area contributed by atoms with Crippen LogP contribution in [0.15, 0.2) is 18.2 Å². The van der Waals surface area contributed by atoms with Gasteiger partial charge in [0.25, 0.3) is 5.91 Å². The second-order valence-corrected chi connectivity index (χ2v) is 4.64. The number of hydrogen-bond acceptors (Lipinski definition) is 2. The molecule has 3 nitrogen and oxygen atoms in total. The molecule has 1 aromatic rings. The lowest BCUT2D eigenvalue weighted by molar-refractivity contribution is -0.138. The number of benzene rings is 1. The highest BCUT2D eigenvalue weighted by Crippen LogP contribution is 2.18. The Labute approximate surface area is 121 Å². The molecule has 0 aliphatic rings. The highest BCUT2D eigenvalue weighted by atomic mass is 19.4. The number of nitrogens with zero attached hydrogens (tertiary/aromatic N) is 1. The average molecular weight is 299 g/mol. The maximum absolute atomic E-state index is 12.3. The van der Waals surface area contributed by atoms with Crippen LogP contribution in [-0.2, 0) is 0 Å². The number of halogens is 3. The number of hydrogen-bond donors (Lipinski definition) is 1. The van der Waals surface area contributed by atoms with Gasteiger partial charge in [0, 0.05) is 24.6 Å². The van der Waals surface area contributed by atoms with E-state index in [4.69, 9.17) is 5.11 Å². The highest BCUT2D eigenvalue weighted by Gasteiger charge is 2.31. The van der Waals surface area contributed by atoms with Crippen molar-refractivity contribution in [1.29, 1.82) is 0 Å². The molecule has 0 unspecified atom stereocenters. The Morgan fingerprint density at radius 3 is 2.57 bits per heavy atom. The fraction of sp³-hybridized carbons (Fsp3) is 0.400. The van der Waals surface area contributed by atoms with Crippen LogP contribution in [0.25, 0.3) is 0 Å². The molecule has 1 aromatic carbocycles. The summed E-state index contributed by atoms with van der Waals surface area (Å²) in [7, 11) is 1.11. The van der Waals surface area contributed by atoms with E-state index >= 15 is 0 Å². The van der Waals surface area contributed by atoms with E-state index in [1.807, 2.05) is 0 Å². The van der Waals surface area contributed by atoms with Crippen LogP contribution in [-0.4, -0.2) is 42.3 Å². The first-order chi connectivity index (χ1) is 9.73. The van der Waals surface area contributed by atoms with Crippen molar-refractivity contribution in [3.05, 3.63) is 34.9 Å². The zero-order chi connectivity index (χ0) is 16.0. The summed E-state index contributed by atoms with van der Waals surface area (Å²) in [5, 5.41) is 8.65. The highest BCUT2D eigenvalue weighted by molar-refractivity contribution is 5.94. The maximum atomic E-state index is 12.3. The Balaban J connectivity index is 2.97. The van der Waals surface area contributed by atoms with Crippen LogP contribution in [0, 0.1) is 18.8 Å². The summed E-state index contributed by atoms with van der Waals surface area (Å²) in [4.78, 5) is 12.6. The minimum Gasteiger partial charge on any atom is -0.395 e. The van der Waals surface area contributed by atoms with Gasteiger partial charge in [-0.25, -0.2) is 0 Å². The summed E-state index contributed by atoms with van der Waals surface area (Å²) in [6.07, 6.45) is -4.14. The van der Waals surface area contributed by atoms with Gasteiger partial charge < -0.3 is 10.0 Å². The smallest absolute Gasteiger partial charge is 0.395 e. The third kappa shape index (κ3) is 5.88. The molecule has 0 radical (unpaired) electrons. The molecule has 0 atom stereocenters. The number of aliphatic hydroxyl groups is 1. The largest absolute Gasteiger partial charge is 0.406 e. The summed E-state index contributed by atoms with van der Waals surface area (Å²) in [6.45, 7) is 0.363. The van der Waals surface area contributed by atoms with Crippen molar-refractivity contribution < 1.29 is 23.1 Å². The van der Waals surface area contributed by atoms with Gasteiger partial charge in [-0.05, 0) is 30.7 Å². The SMILES string of the molecule is Cc1cc(C#CCCO)cc(C(=O)N(C)CC(F)(F)F)c1. The van der Waals surface area contributed by atoms with Crippen molar-refractivity contribution in [1.82, 2.24) is 4.90 Å². The zero-order valence-electron chi connectivity index (χ0n) is 11.8. The molecule has 0 heterocycles. The van der Waals surface area contributed by atoms with Gasteiger partial charge in [0.1, 0.15) is 6.54 Å². The van der Waals surface area contributed by atoms with Crippen LogP contribution in [0.3, 0.4) is 0 Å². The van der Waals surface area contributed by atoms with Crippen LogP contribution >= 0.6 is 0 Å². The zero-order valence-corrected chi connectivity index (χ0v) is 11.8. The van der Waals surface area contributed by atoms with E-state index in [0.717, 1.165) is 12.6 Å². The lowest BCUT2D eigenvalue weighted by Crippen LogP contribution is -2.35. The number of carbonyl (C=O) groups is 1. The molecule has 0 saturated heterocycles. The molecular formula is C15H16F3NO2. The summed E-state index contributed by atoms with van der Waals surface area (Å²) >= 11 is 0. The van der Waals surface area contributed by atoms with Gasteiger partial charge in [-0.3, -0.25) is 4.79 Å². The number of alkyl halides is 3. The van der Waals surface area contributed by atoms with Gasteiger partial charge in [-0.1, -0.05) is 11.8 Å². The Morgan fingerprint density at radius 2 is 2.00 bits per heavy atom. The monoisotopic (exact) mass is 299 g/mol. The lowest BCUT2D eigenvalue weighted by Gasteiger charge is -2.19. The van der Waals surface area contributed by atoms with E-state index in [9.17, 15) is 18.0 Å². The Bertz CT molecular complexity index is 571. The summed E-state index contributed by atoms with van der Waals surface area (Å²) in [5.74, 6) is 4.77. The second-order valence-electron chi connectivity index (χ2n) is 4.64. The topological polar surface area (TPSA) is 40.5 Å². The van der Waals surface area contributed by atoms with Gasteiger partial charge >= 0.3 is 6.18 Å². The molecule has 114 valence electrons. The van der Waals surface area contributed by atoms with Crippen molar-refractivity contribution in [2.75, 3.05) is 20.2 Å². The van der Waals surface area contributed by atoms with Crippen LogP contribution in [0.2, 0.25) is 0 Å². The molecule has 0 spiro atoms. The molecular weight excluding hydrogens is 283 g/mol. The van der Waals surface area contributed by atoms with Crippen LogP contribution in [0.5, 0.6) is 0 Å². The molecule has 1 rings (SSSR count). The van der Waals surface area contributed by atoms with Crippen LogP contribution in [0.4, 0.5) is 13.2 Å². The first-order valence-electron chi connectivity index (χ1n) is 6.26. The first kappa shape index (κ1) is 17.1. The number of amides is 1. The summed E-state index contributed by atoms with van der Waals surface area (Å²) in [6, 6.07) is 4.70. The van der Waals surface area contributed by atoms with Crippen LogP contribution < -0.4 is 0 Å². The van der Waals surface area contributed by atoms with Gasteiger partial charge in [-0.15, -0.1) is 0 Å². The van der Waals surface area contributed by atoms with E-state index in [1.54, 1.807) is 13.0 Å². The normalized spacial score (nSPS) is 10.8. The molecule has 6 heteroatoms. The van der Waals surface area contributed by atoms with Crippen molar-refractivity contribution in [2.45, 2.75) is 19.5 Å². The fourth-order valence-electron chi connectivity index (χ4n) is 1.76. The van der Waals surface area contributed by atoms with Gasteiger partial charge in [-0.2, -0.15) is 13.2 Å². The maximum Gasteiger partial charge on any atom is 0.406 e. The predicted molar refractivity (Wildman–Crippen MR) is 72.8 cm³/mol. The van der Waals surface area contributed by atoms with Gasteiger partial charge in [0.2, 0.25) is 0 Å². The Hall–Kier alpha value is -2.00. The average Bonchev–Trinajstić information content (AvgIpc) is 2.35. The quantitative estimate of drug-likeness (QED) is 0.871. The number of aliphatic hydroxyl groups excluding tert-OH is 1. The van der Waals surface area contributed by atoms with E-state index in [-0.39, 0.29) is 12.2 Å². The number of carbonyl (C=O) groups excluding carboxylic acids is 1. The molecule has 1 amide bonds. The molecule has 0 saturated carbocycles. The number of rotatable bonds is 3. The second kappa shape index (κ2) is 7.14. The third-order valence-corrected chi connectivity index (χ3v) is 2.56. The minimum atomic E-state index is -4.43. The lowest BCUT2D eigenvalue weighted by atomic mass is 10.1. The van der Waals surface area contributed by atoms with Gasteiger partial charge in [0.15, 0.2) is 0 Å². The van der Waals surface area contributed by atoms with Crippen molar-refractivity contribution in [3.63, 3.8) is 0 Å². The molecule has 0 aliphatic carbocycles. The molecule has 0 aliphatic heterocycles. The first-order valence-corrected chi connectivity index (χ1v) is 6.26. The fourth-order valence-corrected chi connectivity index (χ4v) is 1.76. The molecule has 1 N–H and O–H groups in total. The number of aryl methyl sites for hydroxylation is 1. The van der Waals surface area contributed by atoms with E-state index < -0.39 is 18.6 Å². The van der Waals surface area contributed by atoms with E-state index in [2.05, 4.69) is 11.8 Å². The molecule has 21 heavy (non-hydrogen) atoms. The van der Waals surface area contributed by atoms with E-state index in [0.29, 0.717) is 16.9 Å². The summed E-state index contributed by atoms with van der Waals surface area (Å²) in [5.41, 5.74) is 1.43. The standard InChI is InChI=1S/C15H16F3NO2/c1-11-7-12(5-3-4-6-20)9-13(8-11)14(21)19(2)10-15(16,17)18/h7-9,20H,4,6,10H2,1-2H3. The molecule has 0 bridgehead atoms. The minimum absolute atomic E-state index is 0.0705. The van der Waals surface area contributed by atoms with Crippen molar-refractivity contribution in [2.24, 2.45) is 0 Å².